The number of hydrogen-bond donors (Lipinski definition) is 0. The van der Waals surface area contributed by atoms with Crippen molar-refractivity contribution in [2.75, 3.05) is 26.2 Å². The number of hydrogen-bond acceptors (Lipinski definition) is 4. The highest BCUT2D eigenvalue weighted by molar-refractivity contribution is 7.89. The van der Waals surface area contributed by atoms with Gasteiger partial charge in [0.25, 0.3) is 5.91 Å². The third-order valence-electron chi connectivity index (χ3n) is 4.77. The summed E-state index contributed by atoms with van der Waals surface area (Å²) >= 11 is 6.00. The van der Waals surface area contributed by atoms with Crippen LogP contribution in [-0.4, -0.2) is 55.8 Å². The Morgan fingerprint density at radius 2 is 1.83 bits per heavy atom. The summed E-state index contributed by atoms with van der Waals surface area (Å²) in [7, 11) is -3.80. The number of halogens is 2. The molecule has 1 saturated heterocycles. The third-order valence-corrected chi connectivity index (χ3v) is 7.09. The Morgan fingerprint density at radius 1 is 1.14 bits per heavy atom. The minimum absolute atomic E-state index is 0.0907. The Balaban J connectivity index is 1.60. The van der Waals surface area contributed by atoms with Gasteiger partial charge in [-0.05, 0) is 55.8 Å². The first-order chi connectivity index (χ1) is 13.7. The molecule has 156 valence electrons. The molecule has 1 fully saturated rings. The molecule has 6 nitrogen and oxygen atoms in total. The fraction of sp³-hybridized carbons (Fsp3) is 0.350. The molecule has 3 rings (SSSR count). The van der Waals surface area contributed by atoms with Gasteiger partial charge in [0.2, 0.25) is 10.0 Å². The molecule has 0 spiro atoms. The van der Waals surface area contributed by atoms with E-state index in [2.05, 4.69) is 0 Å². The maximum Gasteiger partial charge on any atom is 0.263 e. The predicted octanol–water partition coefficient (Wildman–Crippen LogP) is 3.09. The van der Waals surface area contributed by atoms with E-state index in [1.807, 2.05) is 6.92 Å². The van der Waals surface area contributed by atoms with Crippen molar-refractivity contribution in [1.29, 1.82) is 0 Å². The van der Waals surface area contributed by atoms with Crippen LogP contribution in [-0.2, 0) is 14.8 Å². The molecule has 2 aromatic carbocycles. The van der Waals surface area contributed by atoms with Gasteiger partial charge in [-0.25, -0.2) is 12.8 Å². The number of amides is 1. The molecule has 0 N–H and O–H groups in total. The van der Waals surface area contributed by atoms with Crippen LogP contribution in [0.4, 0.5) is 4.39 Å². The van der Waals surface area contributed by atoms with Gasteiger partial charge < -0.3 is 9.64 Å². The van der Waals surface area contributed by atoms with Crippen molar-refractivity contribution in [2.45, 2.75) is 24.8 Å². The van der Waals surface area contributed by atoms with Crippen molar-refractivity contribution in [3.05, 3.63) is 58.9 Å². The van der Waals surface area contributed by atoms with Crippen LogP contribution < -0.4 is 4.74 Å². The summed E-state index contributed by atoms with van der Waals surface area (Å²) in [5, 5.41) is 0.618. The number of ether oxygens (including phenoxy) is 1. The molecule has 1 atom stereocenters. The van der Waals surface area contributed by atoms with E-state index in [9.17, 15) is 17.6 Å². The molecule has 1 amide bonds. The summed E-state index contributed by atoms with van der Waals surface area (Å²) in [6.45, 7) is 4.25. The van der Waals surface area contributed by atoms with Crippen molar-refractivity contribution in [2.24, 2.45) is 0 Å². The van der Waals surface area contributed by atoms with Crippen LogP contribution in [0.3, 0.4) is 0 Å². The lowest BCUT2D eigenvalue weighted by atomic mass is 10.2. The largest absolute Gasteiger partial charge is 0.481 e. The van der Waals surface area contributed by atoms with Gasteiger partial charge in [-0.3, -0.25) is 4.79 Å². The summed E-state index contributed by atoms with van der Waals surface area (Å²) in [6.07, 6.45) is -0.720. The Kier molecular flexibility index (Phi) is 6.45. The zero-order chi connectivity index (χ0) is 21.2. The summed E-state index contributed by atoms with van der Waals surface area (Å²) in [5.74, 6) is -0.288. The normalized spacial score (nSPS) is 16.5. The fourth-order valence-corrected chi connectivity index (χ4v) is 4.70. The minimum Gasteiger partial charge on any atom is -0.481 e. The smallest absolute Gasteiger partial charge is 0.263 e. The molecule has 1 unspecified atom stereocenters. The first kappa shape index (κ1) is 21.5. The zero-order valence-electron chi connectivity index (χ0n) is 16.1. The fourth-order valence-electron chi connectivity index (χ4n) is 3.13. The van der Waals surface area contributed by atoms with Gasteiger partial charge in [0.1, 0.15) is 11.6 Å². The Labute approximate surface area is 174 Å². The molecule has 0 saturated carbocycles. The highest BCUT2D eigenvalue weighted by atomic mass is 35.5. The van der Waals surface area contributed by atoms with Gasteiger partial charge in [-0.1, -0.05) is 17.7 Å². The lowest BCUT2D eigenvalue weighted by molar-refractivity contribution is -0.139. The molecule has 1 aliphatic heterocycles. The maximum absolute atomic E-state index is 13.4. The molecule has 29 heavy (non-hydrogen) atoms. The maximum atomic E-state index is 13.4. The van der Waals surface area contributed by atoms with Crippen LogP contribution in [0, 0.1) is 12.7 Å². The van der Waals surface area contributed by atoms with Gasteiger partial charge in [-0.15, -0.1) is 0 Å². The summed E-state index contributed by atoms with van der Waals surface area (Å²) in [4.78, 5) is 14.2. The van der Waals surface area contributed by atoms with Crippen LogP contribution in [0.15, 0.2) is 47.4 Å². The van der Waals surface area contributed by atoms with E-state index in [0.29, 0.717) is 10.8 Å². The van der Waals surface area contributed by atoms with E-state index in [0.717, 1.165) is 11.6 Å². The predicted molar refractivity (Wildman–Crippen MR) is 108 cm³/mol. The van der Waals surface area contributed by atoms with E-state index < -0.39 is 21.9 Å². The third kappa shape index (κ3) is 4.88. The molecule has 1 aliphatic rings. The average molecular weight is 441 g/mol. The molecule has 2 aromatic rings. The van der Waals surface area contributed by atoms with Crippen molar-refractivity contribution in [3.8, 4) is 5.75 Å². The van der Waals surface area contributed by atoms with Crippen LogP contribution in [0.2, 0.25) is 5.02 Å². The number of piperazine rings is 1. The molecular weight excluding hydrogens is 419 g/mol. The quantitative estimate of drug-likeness (QED) is 0.716. The number of benzene rings is 2. The monoisotopic (exact) mass is 440 g/mol. The number of rotatable bonds is 5. The van der Waals surface area contributed by atoms with Gasteiger partial charge >= 0.3 is 0 Å². The minimum atomic E-state index is -3.80. The van der Waals surface area contributed by atoms with E-state index in [4.69, 9.17) is 16.3 Å². The molecule has 0 aliphatic carbocycles. The Hall–Kier alpha value is -2.16. The van der Waals surface area contributed by atoms with Gasteiger partial charge in [-0.2, -0.15) is 4.31 Å². The molecule has 1 heterocycles. The van der Waals surface area contributed by atoms with Gasteiger partial charge in [0.15, 0.2) is 6.10 Å². The highest BCUT2D eigenvalue weighted by Crippen LogP contribution is 2.23. The Morgan fingerprint density at radius 3 is 2.45 bits per heavy atom. The van der Waals surface area contributed by atoms with Crippen LogP contribution in [0.5, 0.6) is 5.75 Å². The standard InChI is InChI=1S/C20H22ClFN2O4S/c1-14-12-17(6-7-19(14)21)28-15(2)20(25)23-8-10-24(11-9-23)29(26,27)18-5-3-4-16(22)13-18/h3-7,12-13,15H,8-11H2,1-2H3. The van der Waals surface area contributed by atoms with E-state index in [-0.39, 0.29) is 37.0 Å². The molecule has 0 bridgehead atoms. The van der Waals surface area contributed by atoms with E-state index in [1.54, 1.807) is 30.0 Å². The van der Waals surface area contributed by atoms with Crippen molar-refractivity contribution < 1.29 is 22.3 Å². The molecule has 0 aromatic heterocycles. The number of sulfonamides is 1. The first-order valence-corrected chi connectivity index (χ1v) is 11.0. The van der Waals surface area contributed by atoms with Crippen LogP contribution in [0.1, 0.15) is 12.5 Å². The lowest BCUT2D eigenvalue weighted by Gasteiger charge is -2.35. The van der Waals surface area contributed by atoms with Gasteiger partial charge in [0.05, 0.1) is 4.90 Å². The molecule has 9 heteroatoms. The van der Waals surface area contributed by atoms with Crippen LogP contribution in [0.25, 0.3) is 0 Å². The molecule has 0 radical (unpaired) electrons. The lowest BCUT2D eigenvalue weighted by Crippen LogP contribution is -2.53. The Bertz CT molecular complexity index is 1010. The molecular formula is C20H22ClFN2O4S. The first-order valence-electron chi connectivity index (χ1n) is 9.16. The summed E-state index contributed by atoms with van der Waals surface area (Å²) in [5.41, 5.74) is 0.847. The number of carbonyl (C=O) groups excluding carboxylic acids is 1. The van der Waals surface area contributed by atoms with E-state index in [1.165, 1.54) is 22.5 Å². The number of nitrogens with zero attached hydrogens (tertiary/aromatic N) is 2. The SMILES string of the molecule is Cc1cc(OC(C)C(=O)N2CCN(S(=O)(=O)c3cccc(F)c3)CC2)ccc1Cl. The number of carbonyl (C=O) groups is 1. The zero-order valence-corrected chi connectivity index (χ0v) is 17.7. The second-order valence-electron chi connectivity index (χ2n) is 6.86. The average Bonchev–Trinajstić information content (AvgIpc) is 2.70. The second-order valence-corrected chi connectivity index (χ2v) is 9.20. The number of aryl methyl sites for hydroxylation is 1. The van der Waals surface area contributed by atoms with Crippen LogP contribution >= 0.6 is 11.6 Å². The second kappa shape index (κ2) is 8.69. The highest BCUT2D eigenvalue weighted by Gasteiger charge is 2.32. The summed E-state index contributed by atoms with van der Waals surface area (Å²) < 4.78 is 45.7. The topological polar surface area (TPSA) is 66.9 Å². The van der Waals surface area contributed by atoms with Crippen molar-refractivity contribution >= 4 is 27.5 Å². The summed E-state index contributed by atoms with van der Waals surface area (Å²) in [6, 6.07) is 10.1. The van der Waals surface area contributed by atoms with Crippen molar-refractivity contribution in [3.63, 3.8) is 0 Å². The van der Waals surface area contributed by atoms with Gasteiger partial charge in [0, 0.05) is 31.2 Å². The van der Waals surface area contributed by atoms with E-state index >= 15 is 0 Å². The van der Waals surface area contributed by atoms with Crippen molar-refractivity contribution in [1.82, 2.24) is 9.21 Å².